The van der Waals surface area contributed by atoms with Gasteiger partial charge in [-0.15, -0.1) is 18.2 Å². The van der Waals surface area contributed by atoms with Crippen molar-refractivity contribution in [1.29, 1.82) is 0 Å². The van der Waals surface area contributed by atoms with E-state index in [1.54, 1.807) is 23.5 Å². The minimum absolute atomic E-state index is 0. The zero-order valence-electron chi connectivity index (χ0n) is 40.4. The van der Waals surface area contributed by atoms with Crippen LogP contribution in [-0.4, -0.2) is 27.8 Å². The van der Waals surface area contributed by atoms with E-state index in [0.717, 1.165) is 80.6 Å². The van der Waals surface area contributed by atoms with Gasteiger partial charge in [-0.05, 0) is 69.4 Å². The molecule has 0 aliphatic heterocycles. The van der Waals surface area contributed by atoms with Gasteiger partial charge in [0.2, 0.25) is 0 Å². The number of fused-ring (bicyclic) bond motifs is 4. The second-order valence-electron chi connectivity index (χ2n) is 17.5. The Morgan fingerprint density at radius 2 is 1.58 bits per heavy atom. The van der Waals surface area contributed by atoms with E-state index in [2.05, 4.69) is 126 Å². The second kappa shape index (κ2) is 17.8. The summed E-state index contributed by atoms with van der Waals surface area (Å²) in [7, 11) is 0. The van der Waals surface area contributed by atoms with Crippen LogP contribution >= 0.6 is 11.3 Å². The molecule has 0 aliphatic carbocycles. The smallest absolute Gasteiger partial charge is 0 e. The van der Waals surface area contributed by atoms with Gasteiger partial charge in [0.1, 0.15) is 0 Å². The van der Waals surface area contributed by atoms with Crippen molar-refractivity contribution in [2.45, 2.75) is 70.5 Å². The summed E-state index contributed by atoms with van der Waals surface area (Å²) in [4.78, 5) is 9.79. The van der Waals surface area contributed by atoms with Crippen LogP contribution in [0.5, 0.6) is 0 Å². The maximum absolute atomic E-state index is 8.56. The number of thiophene rings is 1. The first-order valence-electron chi connectivity index (χ1n) is 22.8. The quantitative estimate of drug-likeness (QED) is 0.118. The van der Waals surface area contributed by atoms with Crippen LogP contribution in [0.3, 0.4) is 0 Å². The van der Waals surface area contributed by atoms with Crippen LogP contribution in [-0.2, 0) is 31.9 Å². The Morgan fingerprint density at radius 3 is 2.30 bits per heavy atom. The predicted octanol–water partition coefficient (Wildman–Crippen LogP) is 14.4. The molecule has 0 fully saturated rings. The maximum atomic E-state index is 8.56. The second-order valence-corrected chi connectivity index (χ2v) is 29.1. The van der Waals surface area contributed by atoms with Crippen LogP contribution in [0.1, 0.15) is 58.2 Å². The normalized spacial score (nSPS) is 13.5. The third-order valence-corrected chi connectivity index (χ3v) is 16.0. The van der Waals surface area contributed by atoms with Crippen molar-refractivity contribution < 1.29 is 27.0 Å². The van der Waals surface area contributed by atoms with Crippen molar-refractivity contribution in [1.82, 2.24) is 14.5 Å². The predicted molar refractivity (Wildman–Crippen MR) is 257 cm³/mol. The number of imidazole rings is 1. The van der Waals surface area contributed by atoms with Gasteiger partial charge in [-0.25, -0.2) is 0 Å². The Labute approximate surface area is 383 Å². The fraction of sp³-hybridized carbons (Fsp3) is 0.222. The molecule has 0 bridgehead atoms. The van der Waals surface area contributed by atoms with Crippen molar-refractivity contribution in [3.63, 3.8) is 0 Å². The van der Waals surface area contributed by atoms with E-state index < -0.39 is 26.5 Å². The van der Waals surface area contributed by atoms with Crippen molar-refractivity contribution in [3.8, 4) is 39.5 Å². The topological polar surface area (TPSA) is 30.7 Å². The fourth-order valence-corrected chi connectivity index (χ4v) is 11.8. The third kappa shape index (κ3) is 9.02. The molecule has 305 valence electrons. The number of pyridine rings is 1. The molecule has 0 saturated heterocycles. The van der Waals surface area contributed by atoms with E-state index in [1.165, 1.54) is 5.56 Å². The van der Waals surface area contributed by atoms with Gasteiger partial charge >= 0.3 is 128 Å². The Bertz CT molecular complexity index is 3130. The zero-order chi connectivity index (χ0) is 45.8. The molecule has 0 unspecified atom stereocenters. The van der Waals surface area contributed by atoms with Crippen LogP contribution in [0, 0.1) is 24.9 Å². The first-order valence-corrected chi connectivity index (χ1v) is 28.4. The molecule has 9 aromatic rings. The molecule has 3 aromatic heterocycles. The molecule has 0 aliphatic rings. The number of hydrogen-bond acceptors (Lipinski definition) is 3. The largest absolute Gasteiger partial charge is 0 e. The molecule has 3 heterocycles. The van der Waals surface area contributed by atoms with Crippen molar-refractivity contribution >= 4 is 60.2 Å². The molecule has 3 nitrogen and oxygen atoms in total. The summed E-state index contributed by atoms with van der Waals surface area (Å²) < 4.78 is 46.2. The monoisotopic (exact) mass is 1050 g/mol. The average molecular weight is 1050 g/mol. The molecule has 0 amide bonds. The van der Waals surface area contributed by atoms with Gasteiger partial charge in [0.05, 0.1) is 16.9 Å². The molecular weight excluding hydrogens is 988 g/mol. The molecule has 60 heavy (non-hydrogen) atoms. The molecule has 1 radical (unpaired) electrons. The van der Waals surface area contributed by atoms with Gasteiger partial charge in [0.15, 0.2) is 0 Å². The van der Waals surface area contributed by atoms with Crippen molar-refractivity contribution in [3.05, 3.63) is 168 Å². The minimum atomic E-state index is -2.20. The van der Waals surface area contributed by atoms with Gasteiger partial charge in [-0.3, -0.25) is 4.98 Å². The summed E-state index contributed by atoms with van der Waals surface area (Å²) in [6, 6.07) is 51.3. The van der Waals surface area contributed by atoms with Crippen LogP contribution < -0.4 is 4.40 Å². The number of nitrogens with zero attached hydrogens (tertiary/aromatic N) is 3. The van der Waals surface area contributed by atoms with Crippen LogP contribution in [0.25, 0.3) is 70.7 Å². The summed E-state index contributed by atoms with van der Waals surface area (Å²) in [6.45, 7) is 8.44. The van der Waals surface area contributed by atoms with Gasteiger partial charge in [-0.2, -0.15) is 11.3 Å². The number of aryl methyl sites for hydroxylation is 1. The number of hydrogen-bond donors (Lipinski definition) is 0. The molecular formula is C54H53GeIrN3S-2. The van der Waals surface area contributed by atoms with Gasteiger partial charge < -0.3 is 4.57 Å². The molecule has 6 aromatic carbocycles. The summed E-state index contributed by atoms with van der Waals surface area (Å²) in [5, 5.41) is 2.12. The summed E-state index contributed by atoms with van der Waals surface area (Å²) >= 11 is -0.603. The minimum Gasteiger partial charge on any atom is 0 e. The summed E-state index contributed by atoms with van der Waals surface area (Å²) in [5.74, 6) is 7.58. The van der Waals surface area contributed by atoms with Crippen LogP contribution in [0.2, 0.25) is 17.3 Å². The van der Waals surface area contributed by atoms with Crippen LogP contribution in [0.4, 0.5) is 0 Å². The third-order valence-electron chi connectivity index (χ3n) is 10.5. The van der Waals surface area contributed by atoms with Gasteiger partial charge in [0, 0.05) is 40.2 Å². The Kier molecular flexibility index (Phi) is 11.0. The Hall–Kier alpha value is -4.65. The first-order chi connectivity index (χ1) is 30.2. The van der Waals surface area contributed by atoms with E-state index in [-0.39, 0.29) is 31.4 Å². The van der Waals surface area contributed by atoms with Crippen molar-refractivity contribution in [2.75, 3.05) is 0 Å². The molecule has 0 atom stereocenters. The Balaban J connectivity index is 0.000000233. The van der Waals surface area contributed by atoms with E-state index in [4.69, 9.17) is 11.8 Å². The summed E-state index contributed by atoms with van der Waals surface area (Å²) in [6.07, 6.45) is 0.562. The fourth-order valence-electron chi connectivity index (χ4n) is 7.58. The Morgan fingerprint density at radius 1 is 0.817 bits per heavy atom. The average Bonchev–Trinajstić information content (AvgIpc) is 3.84. The molecule has 0 saturated carbocycles. The SMILES string of the molecule is [2H]C([2H])([2H])c1ccc2c(c1)sc1c(-c3nc4ccccc4n3-c3ccc(C(C)(C)C)cc3-c3ccccc3)[c-]ccc12.[2H]C([2H])(c1cc(-c2[c-]cccc2)nc[c]1[Ge]([CH3])([CH3])[CH3])C(C)C.[Ir]. The number of rotatable bonds is 7. The van der Waals surface area contributed by atoms with E-state index in [0.29, 0.717) is 5.56 Å². The molecule has 0 N–H and O–H groups in total. The van der Waals surface area contributed by atoms with E-state index >= 15 is 0 Å². The number of para-hydroxylation sites is 2. The number of aromatic nitrogens is 3. The standard InChI is InChI=1S/C36H29N2S.C18H24GeN.Ir/c1-23-17-19-26-27-13-10-14-28(34(27)39-33(26)21-23)35-37-30-15-8-9-16-32(30)38(35)31-20-18-25(36(2,3)4)22-29(31)24-11-6-5-7-12-24;1-14(2)11-16-12-18(15-9-7-6-8-10-15)20-13-17(16)19(3,4)5;/h5-13,15-22H,1-4H3;6-9,12-14H,11H2,1-5H3;/q2*-1;/i1D3;11D2;. The summed E-state index contributed by atoms with van der Waals surface area (Å²) in [5.41, 5.74) is 10.3. The van der Waals surface area contributed by atoms with Gasteiger partial charge in [-0.1, -0.05) is 92.4 Å². The molecule has 6 heteroatoms. The van der Waals surface area contributed by atoms with Crippen molar-refractivity contribution in [2.24, 2.45) is 5.92 Å². The molecule has 9 rings (SSSR count). The van der Waals surface area contributed by atoms with E-state index in [9.17, 15) is 0 Å². The zero-order valence-corrected chi connectivity index (χ0v) is 40.7. The molecule has 0 spiro atoms. The van der Waals surface area contributed by atoms with E-state index in [1.807, 2.05) is 74.6 Å². The first kappa shape index (κ1) is 37.1. The van der Waals surface area contributed by atoms with Crippen LogP contribution in [0.15, 0.2) is 140 Å². The number of benzene rings is 6. The maximum Gasteiger partial charge on any atom is 0 e. The van der Waals surface area contributed by atoms with Gasteiger partial charge in [0.25, 0.3) is 0 Å².